The van der Waals surface area contributed by atoms with Crippen molar-refractivity contribution >= 4 is 33.9 Å². The number of carbonyl (C=O) groups excluding carboxylic acids is 2. The lowest BCUT2D eigenvalue weighted by Crippen LogP contribution is -2.29. The van der Waals surface area contributed by atoms with Crippen molar-refractivity contribution in [1.82, 2.24) is 0 Å². The number of carbonyl (C=O) groups is 2. The number of nitrogens with zero attached hydrogens (tertiary/aromatic N) is 1. The Morgan fingerprint density at radius 3 is 2.18 bits per heavy atom. The van der Waals surface area contributed by atoms with Gasteiger partial charge in [-0.2, -0.15) is 0 Å². The van der Waals surface area contributed by atoms with Crippen molar-refractivity contribution in [2.24, 2.45) is 0 Å². The molecule has 6 heteroatoms. The first kappa shape index (κ1) is 24.1. The van der Waals surface area contributed by atoms with Gasteiger partial charge in [-0.25, -0.2) is 4.39 Å². The minimum atomic E-state index is -0.971. The maximum atomic E-state index is 13.7. The number of hydrogen-bond donors (Lipinski definition) is 1. The highest BCUT2D eigenvalue weighted by atomic mass is 19.1. The fourth-order valence-corrected chi connectivity index (χ4v) is 4.88. The molecule has 1 N–H and O–H groups in total. The summed E-state index contributed by atoms with van der Waals surface area (Å²) in [6.45, 7) is 0. The Morgan fingerprint density at radius 2 is 1.41 bits per heavy atom. The number of hydrogen-bond acceptors (Lipinski definition) is 4. The molecule has 39 heavy (non-hydrogen) atoms. The number of anilines is 1. The average Bonchev–Trinajstić information content (AvgIpc) is 3.23. The Morgan fingerprint density at radius 1 is 0.718 bits per heavy atom. The van der Waals surface area contributed by atoms with Crippen LogP contribution in [0.15, 0.2) is 127 Å². The van der Waals surface area contributed by atoms with Gasteiger partial charge in [-0.1, -0.05) is 66.7 Å². The number of para-hydroxylation sites is 1. The monoisotopic (exact) mass is 515 g/mol. The fourth-order valence-electron chi connectivity index (χ4n) is 4.88. The van der Waals surface area contributed by atoms with Gasteiger partial charge in [0, 0.05) is 11.3 Å². The second-order valence-electron chi connectivity index (χ2n) is 9.20. The molecule has 1 saturated heterocycles. The van der Waals surface area contributed by atoms with E-state index in [0.717, 1.165) is 10.8 Å². The van der Waals surface area contributed by atoms with E-state index in [4.69, 9.17) is 4.74 Å². The van der Waals surface area contributed by atoms with Crippen LogP contribution in [0.3, 0.4) is 0 Å². The molecule has 1 fully saturated rings. The average molecular weight is 516 g/mol. The molecule has 0 bridgehead atoms. The fraction of sp³-hybridized carbons (Fsp3) is 0.0303. The van der Waals surface area contributed by atoms with Crippen molar-refractivity contribution in [1.29, 1.82) is 0 Å². The largest absolute Gasteiger partial charge is 0.507 e. The molecule has 5 aromatic rings. The van der Waals surface area contributed by atoms with E-state index in [-0.39, 0.29) is 11.3 Å². The molecule has 190 valence electrons. The first-order valence-electron chi connectivity index (χ1n) is 12.4. The second-order valence-corrected chi connectivity index (χ2v) is 9.20. The van der Waals surface area contributed by atoms with Crippen molar-refractivity contribution in [2.45, 2.75) is 6.04 Å². The topological polar surface area (TPSA) is 66.8 Å². The van der Waals surface area contributed by atoms with Gasteiger partial charge in [-0.15, -0.1) is 0 Å². The molecule has 1 heterocycles. The molecular weight excluding hydrogens is 493 g/mol. The lowest BCUT2D eigenvalue weighted by Gasteiger charge is -2.26. The van der Waals surface area contributed by atoms with Gasteiger partial charge in [0.15, 0.2) is 0 Å². The van der Waals surface area contributed by atoms with Crippen molar-refractivity contribution in [2.75, 3.05) is 4.90 Å². The normalized spacial score (nSPS) is 16.5. The summed E-state index contributed by atoms with van der Waals surface area (Å²) in [4.78, 5) is 28.2. The summed E-state index contributed by atoms with van der Waals surface area (Å²) in [5.74, 6) is -1.29. The zero-order valence-corrected chi connectivity index (χ0v) is 20.6. The van der Waals surface area contributed by atoms with Crippen LogP contribution in [-0.2, 0) is 9.59 Å². The van der Waals surface area contributed by atoms with Crippen LogP contribution in [0, 0.1) is 5.82 Å². The number of ether oxygens (including phenoxy) is 1. The van der Waals surface area contributed by atoms with Crippen LogP contribution in [0.2, 0.25) is 0 Å². The van der Waals surface area contributed by atoms with Gasteiger partial charge in [0.2, 0.25) is 0 Å². The number of aliphatic hydroxyl groups excluding tert-OH is 1. The van der Waals surface area contributed by atoms with Gasteiger partial charge in [-0.3, -0.25) is 14.5 Å². The Balaban J connectivity index is 1.51. The SMILES string of the molecule is O=C1C(=O)N(c2ccc(F)cc2)C(c2cccc(Oc3ccccc3)c2)/C1=C(/O)c1ccc2ccccc2c1. The third-order valence-corrected chi connectivity index (χ3v) is 6.72. The van der Waals surface area contributed by atoms with Gasteiger partial charge >= 0.3 is 0 Å². The summed E-state index contributed by atoms with van der Waals surface area (Å²) in [6, 6.07) is 33.6. The highest BCUT2D eigenvalue weighted by molar-refractivity contribution is 6.51. The molecule has 1 aliphatic rings. The van der Waals surface area contributed by atoms with E-state index in [1.165, 1.54) is 29.2 Å². The Bertz CT molecular complexity index is 1750. The molecule has 1 aliphatic heterocycles. The predicted octanol–water partition coefficient (Wildman–Crippen LogP) is 7.40. The van der Waals surface area contributed by atoms with Crippen molar-refractivity contribution in [3.63, 3.8) is 0 Å². The first-order valence-corrected chi connectivity index (χ1v) is 12.4. The molecule has 0 spiro atoms. The zero-order valence-electron chi connectivity index (χ0n) is 20.6. The maximum Gasteiger partial charge on any atom is 0.300 e. The molecule has 0 aromatic heterocycles. The van der Waals surface area contributed by atoms with Gasteiger partial charge in [0.25, 0.3) is 11.7 Å². The van der Waals surface area contributed by atoms with E-state index >= 15 is 0 Å². The van der Waals surface area contributed by atoms with Gasteiger partial charge in [0.05, 0.1) is 11.6 Å². The van der Waals surface area contributed by atoms with Crippen LogP contribution in [0.25, 0.3) is 16.5 Å². The van der Waals surface area contributed by atoms with Crippen LogP contribution in [-0.4, -0.2) is 16.8 Å². The zero-order chi connectivity index (χ0) is 26.9. The minimum absolute atomic E-state index is 0.0588. The van der Waals surface area contributed by atoms with Crippen molar-refractivity contribution in [3.05, 3.63) is 144 Å². The molecule has 1 unspecified atom stereocenters. The third kappa shape index (κ3) is 4.53. The van der Waals surface area contributed by atoms with Gasteiger partial charge in [-0.05, 0) is 70.9 Å². The minimum Gasteiger partial charge on any atom is -0.507 e. The van der Waals surface area contributed by atoms with Crippen LogP contribution in [0.4, 0.5) is 10.1 Å². The molecule has 0 radical (unpaired) electrons. The van der Waals surface area contributed by atoms with E-state index in [1.807, 2.05) is 60.7 Å². The summed E-state index contributed by atoms with van der Waals surface area (Å²) in [5, 5.41) is 13.4. The smallest absolute Gasteiger partial charge is 0.300 e. The van der Waals surface area contributed by atoms with Gasteiger partial charge < -0.3 is 9.84 Å². The third-order valence-electron chi connectivity index (χ3n) is 6.72. The van der Waals surface area contributed by atoms with Crippen LogP contribution in [0.1, 0.15) is 17.2 Å². The Kier molecular flexibility index (Phi) is 6.13. The molecule has 5 nitrogen and oxygen atoms in total. The maximum absolute atomic E-state index is 13.7. The molecule has 0 aliphatic carbocycles. The summed E-state index contributed by atoms with van der Waals surface area (Å²) < 4.78 is 19.7. The number of rotatable bonds is 5. The molecule has 0 saturated carbocycles. The highest BCUT2D eigenvalue weighted by Crippen LogP contribution is 2.43. The van der Waals surface area contributed by atoms with Crippen molar-refractivity contribution in [3.8, 4) is 11.5 Å². The highest BCUT2D eigenvalue weighted by Gasteiger charge is 2.47. The van der Waals surface area contributed by atoms with E-state index in [2.05, 4.69) is 0 Å². The first-order chi connectivity index (χ1) is 19.0. The summed E-state index contributed by atoms with van der Waals surface area (Å²) >= 11 is 0. The second kappa shape index (κ2) is 9.91. The van der Waals surface area contributed by atoms with Crippen LogP contribution >= 0.6 is 0 Å². The van der Waals surface area contributed by atoms with E-state index in [0.29, 0.717) is 28.3 Å². The van der Waals surface area contributed by atoms with E-state index in [9.17, 15) is 19.1 Å². The van der Waals surface area contributed by atoms with E-state index in [1.54, 1.807) is 36.4 Å². The number of ketones is 1. The Hall–Kier alpha value is -5.23. The lowest BCUT2D eigenvalue weighted by molar-refractivity contribution is -0.132. The number of aliphatic hydroxyl groups is 1. The number of halogens is 1. The number of Topliss-reactive ketones (excluding diaryl/α,β-unsaturated/α-hetero) is 1. The number of benzene rings is 5. The van der Waals surface area contributed by atoms with Gasteiger partial charge in [0.1, 0.15) is 23.1 Å². The van der Waals surface area contributed by atoms with Crippen molar-refractivity contribution < 1.29 is 23.8 Å². The molecule has 6 rings (SSSR count). The van der Waals surface area contributed by atoms with Crippen LogP contribution in [0.5, 0.6) is 11.5 Å². The predicted molar refractivity (Wildman–Crippen MR) is 148 cm³/mol. The summed E-state index contributed by atoms with van der Waals surface area (Å²) in [7, 11) is 0. The number of amides is 1. The Labute approximate surface area is 224 Å². The molecule has 5 aromatic carbocycles. The standard InChI is InChI=1S/C33H22FNO4/c34-25-15-17-26(18-16-25)35-30(23-9-6-12-28(20-23)39-27-10-2-1-3-11-27)29(32(37)33(35)38)31(36)24-14-13-21-7-4-5-8-22(21)19-24/h1-20,30,36H/b31-29-. The summed E-state index contributed by atoms with van der Waals surface area (Å²) in [6.07, 6.45) is 0. The quantitative estimate of drug-likeness (QED) is 0.150. The lowest BCUT2D eigenvalue weighted by atomic mass is 9.94. The number of fused-ring (bicyclic) bond motifs is 1. The van der Waals surface area contributed by atoms with Crippen LogP contribution < -0.4 is 9.64 Å². The molecule has 1 atom stereocenters. The van der Waals surface area contributed by atoms with E-state index < -0.39 is 23.5 Å². The molecular formula is C33H22FNO4. The molecule has 1 amide bonds. The summed E-state index contributed by atoms with van der Waals surface area (Å²) in [5.41, 5.74) is 1.23.